The van der Waals surface area contributed by atoms with Gasteiger partial charge in [-0.1, -0.05) is 18.2 Å². The van der Waals surface area contributed by atoms with Gasteiger partial charge >= 0.3 is 0 Å². The number of halogens is 1. The molecule has 3 heterocycles. The van der Waals surface area contributed by atoms with Crippen LogP contribution in [0.25, 0.3) is 0 Å². The average Bonchev–Trinajstić information content (AvgIpc) is 3.09. The van der Waals surface area contributed by atoms with Gasteiger partial charge in [0.25, 0.3) is 11.8 Å². The highest BCUT2D eigenvalue weighted by Gasteiger charge is 2.34. The number of imide groups is 1. The number of hydrogen-bond acceptors (Lipinski definition) is 5. The fourth-order valence-corrected chi connectivity index (χ4v) is 4.23. The van der Waals surface area contributed by atoms with Crippen LogP contribution in [-0.2, 0) is 0 Å². The Kier molecular flexibility index (Phi) is 9.04. The summed E-state index contributed by atoms with van der Waals surface area (Å²) < 4.78 is 0. The van der Waals surface area contributed by atoms with Crippen molar-refractivity contribution in [1.29, 1.82) is 0 Å². The minimum atomic E-state index is -0.187. The third-order valence-electron chi connectivity index (χ3n) is 6.01. The van der Waals surface area contributed by atoms with E-state index >= 15 is 0 Å². The fraction of sp³-hybridized carbons (Fsp3) is 0.417. The van der Waals surface area contributed by atoms with Gasteiger partial charge in [-0.05, 0) is 49.9 Å². The largest absolute Gasteiger partial charge is 0.356 e. The van der Waals surface area contributed by atoms with Crippen LogP contribution < -0.4 is 15.5 Å². The summed E-state index contributed by atoms with van der Waals surface area (Å²) >= 11 is 0. The number of rotatable bonds is 7. The van der Waals surface area contributed by atoms with Crippen LogP contribution in [0.2, 0.25) is 0 Å². The first-order valence-electron chi connectivity index (χ1n) is 11.3. The summed E-state index contributed by atoms with van der Waals surface area (Å²) in [6.45, 7) is 3.10. The normalized spacial score (nSPS) is 16.5. The SMILES string of the molecule is CN=C(NCCCCN1C(=O)c2ccccc2C1=O)NC1CCN(c2ccccn2)CC1.I. The smallest absolute Gasteiger partial charge is 0.261 e. The first-order valence-corrected chi connectivity index (χ1v) is 11.3. The summed E-state index contributed by atoms with van der Waals surface area (Å²) in [7, 11) is 1.77. The van der Waals surface area contributed by atoms with E-state index in [1.54, 1.807) is 31.3 Å². The van der Waals surface area contributed by atoms with E-state index in [0.29, 0.717) is 23.7 Å². The topological polar surface area (TPSA) is 89.9 Å². The van der Waals surface area contributed by atoms with E-state index in [1.165, 1.54) is 4.90 Å². The van der Waals surface area contributed by atoms with Crippen LogP contribution in [0.4, 0.5) is 5.82 Å². The van der Waals surface area contributed by atoms with Gasteiger partial charge in [-0.25, -0.2) is 4.98 Å². The molecule has 0 unspecified atom stereocenters. The minimum Gasteiger partial charge on any atom is -0.356 e. The molecular formula is C24H31IN6O2. The van der Waals surface area contributed by atoms with Crippen LogP contribution in [-0.4, -0.2) is 66.9 Å². The second-order valence-electron chi connectivity index (χ2n) is 8.11. The van der Waals surface area contributed by atoms with Crippen molar-refractivity contribution < 1.29 is 9.59 Å². The molecule has 1 saturated heterocycles. The highest BCUT2D eigenvalue weighted by Crippen LogP contribution is 2.22. The standard InChI is InChI=1S/C24H30N6O2.HI/c1-25-24(28-18-11-16-29(17-12-18)21-10-4-5-13-26-21)27-14-6-7-15-30-22(31)19-8-2-3-9-20(19)23(30)32;/h2-5,8-10,13,18H,6-7,11-12,14-17H2,1H3,(H2,25,27,28);1H. The molecule has 0 saturated carbocycles. The molecule has 0 spiro atoms. The first kappa shape index (κ1) is 24.9. The van der Waals surface area contributed by atoms with E-state index in [4.69, 9.17) is 0 Å². The van der Waals surface area contributed by atoms with Gasteiger partial charge in [-0.2, -0.15) is 0 Å². The van der Waals surface area contributed by atoms with Crippen molar-refractivity contribution in [3.05, 3.63) is 59.8 Å². The van der Waals surface area contributed by atoms with E-state index in [9.17, 15) is 9.59 Å². The van der Waals surface area contributed by atoms with E-state index in [2.05, 4.69) is 31.6 Å². The summed E-state index contributed by atoms with van der Waals surface area (Å²) in [5.74, 6) is 1.45. The highest BCUT2D eigenvalue weighted by molar-refractivity contribution is 14.0. The Morgan fingerprint density at radius 1 is 1.03 bits per heavy atom. The van der Waals surface area contributed by atoms with Crippen LogP contribution in [0.15, 0.2) is 53.7 Å². The van der Waals surface area contributed by atoms with Gasteiger partial charge < -0.3 is 15.5 Å². The monoisotopic (exact) mass is 562 g/mol. The van der Waals surface area contributed by atoms with Crippen molar-refractivity contribution in [3.8, 4) is 0 Å². The van der Waals surface area contributed by atoms with Crippen molar-refractivity contribution in [2.45, 2.75) is 31.7 Å². The summed E-state index contributed by atoms with van der Waals surface area (Å²) in [5.41, 5.74) is 1.02. The van der Waals surface area contributed by atoms with Crippen LogP contribution >= 0.6 is 24.0 Å². The lowest BCUT2D eigenvalue weighted by atomic mass is 10.1. The number of fused-ring (bicyclic) bond motifs is 1. The van der Waals surface area contributed by atoms with Gasteiger partial charge in [-0.3, -0.25) is 19.5 Å². The maximum atomic E-state index is 12.4. The zero-order valence-corrected chi connectivity index (χ0v) is 21.2. The number of amides is 2. The van der Waals surface area contributed by atoms with E-state index in [0.717, 1.165) is 57.1 Å². The van der Waals surface area contributed by atoms with Crippen molar-refractivity contribution in [2.24, 2.45) is 4.99 Å². The number of nitrogens with one attached hydrogen (secondary N) is 2. The Hall–Kier alpha value is -2.69. The quantitative estimate of drug-likeness (QED) is 0.178. The number of aliphatic imine (C=N–C) groups is 1. The number of unbranched alkanes of at least 4 members (excludes halogenated alkanes) is 1. The predicted octanol–water partition coefficient (Wildman–Crippen LogP) is 2.91. The molecule has 4 rings (SSSR count). The number of anilines is 1. The van der Waals surface area contributed by atoms with Gasteiger partial charge in [-0.15, -0.1) is 24.0 Å². The third kappa shape index (κ3) is 6.01. The summed E-state index contributed by atoms with van der Waals surface area (Å²) in [6, 6.07) is 13.4. The number of pyridine rings is 1. The Labute approximate surface area is 211 Å². The van der Waals surface area contributed by atoms with Gasteiger partial charge in [0.1, 0.15) is 5.82 Å². The van der Waals surface area contributed by atoms with Crippen LogP contribution in [0, 0.1) is 0 Å². The van der Waals surface area contributed by atoms with Crippen LogP contribution in [0.1, 0.15) is 46.4 Å². The molecule has 0 atom stereocenters. The van der Waals surface area contributed by atoms with Gasteiger partial charge in [0, 0.05) is 45.5 Å². The molecule has 0 aliphatic carbocycles. The van der Waals surface area contributed by atoms with Gasteiger partial charge in [0.2, 0.25) is 0 Å². The zero-order chi connectivity index (χ0) is 22.3. The average molecular weight is 562 g/mol. The number of guanidine groups is 1. The number of carbonyl (C=O) groups is 2. The molecule has 2 aliphatic rings. The summed E-state index contributed by atoms with van der Waals surface area (Å²) in [6.07, 6.45) is 5.47. The Morgan fingerprint density at radius 2 is 1.70 bits per heavy atom. The molecule has 176 valence electrons. The molecule has 1 fully saturated rings. The number of hydrogen-bond donors (Lipinski definition) is 2. The molecule has 9 heteroatoms. The number of nitrogens with zero attached hydrogens (tertiary/aromatic N) is 4. The van der Waals surface area contributed by atoms with Gasteiger partial charge in [0.15, 0.2) is 5.96 Å². The third-order valence-corrected chi connectivity index (χ3v) is 6.01. The number of carbonyl (C=O) groups excluding carboxylic acids is 2. The van der Waals surface area contributed by atoms with Gasteiger partial charge in [0.05, 0.1) is 11.1 Å². The number of aromatic nitrogens is 1. The van der Waals surface area contributed by atoms with E-state index in [-0.39, 0.29) is 35.8 Å². The Balaban J connectivity index is 0.00000306. The molecule has 0 radical (unpaired) electrons. The molecule has 0 bridgehead atoms. The van der Waals surface area contributed by atoms with Crippen molar-refractivity contribution >= 4 is 47.6 Å². The summed E-state index contributed by atoms with van der Waals surface area (Å²) in [5, 5.41) is 6.86. The van der Waals surface area contributed by atoms with Crippen LogP contribution in [0.5, 0.6) is 0 Å². The minimum absolute atomic E-state index is 0. The lowest BCUT2D eigenvalue weighted by molar-refractivity contribution is 0.0652. The molecule has 2 N–H and O–H groups in total. The maximum Gasteiger partial charge on any atom is 0.261 e. The van der Waals surface area contributed by atoms with E-state index < -0.39 is 0 Å². The van der Waals surface area contributed by atoms with E-state index in [1.807, 2.05) is 18.3 Å². The predicted molar refractivity (Wildman–Crippen MR) is 140 cm³/mol. The molecule has 1 aromatic carbocycles. The van der Waals surface area contributed by atoms with Crippen molar-refractivity contribution in [3.63, 3.8) is 0 Å². The molecule has 1 aromatic heterocycles. The molecule has 8 nitrogen and oxygen atoms in total. The maximum absolute atomic E-state index is 12.4. The summed E-state index contributed by atoms with van der Waals surface area (Å²) in [4.78, 5) is 37.3. The Bertz CT molecular complexity index is 941. The second-order valence-corrected chi connectivity index (χ2v) is 8.11. The second kappa shape index (κ2) is 12.0. The zero-order valence-electron chi connectivity index (χ0n) is 18.9. The fourth-order valence-electron chi connectivity index (χ4n) is 4.23. The first-order chi connectivity index (χ1) is 15.7. The molecule has 33 heavy (non-hydrogen) atoms. The lowest BCUT2D eigenvalue weighted by Gasteiger charge is -2.33. The highest BCUT2D eigenvalue weighted by atomic mass is 127. The van der Waals surface area contributed by atoms with Crippen molar-refractivity contribution in [2.75, 3.05) is 38.1 Å². The Morgan fingerprint density at radius 3 is 2.30 bits per heavy atom. The number of benzene rings is 1. The van der Waals surface area contributed by atoms with Crippen molar-refractivity contribution in [1.82, 2.24) is 20.5 Å². The number of piperidine rings is 1. The molecule has 2 aliphatic heterocycles. The molecule has 2 aromatic rings. The molecule has 2 amide bonds. The van der Waals surface area contributed by atoms with Crippen LogP contribution in [0.3, 0.4) is 0 Å². The lowest BCUT2D eigenvalue weighted by Crippen LogP contribution is -2.49. The molecular weight excluding hydrogens is 531 g/mol.